The number of nitrogens with zero attached hydrogens (tertiary/aromatic N) is 2. The average molecular weight is 529 g/mol. The second kappa shape index (κ2) is 15.9. The molecule has 38 heavy (non-hydrogen) atoms. The van der Waals surface area contributed by atoms with Crippen LogP contribution in [0, 0.1) is 5.41 Å². The highest BCUT2D eigenvalue weighted by Crippen LogP contribution is 2.28. The van der Waals surface area contributed by atoms with Crippen LogP contribution in [0.1, 0.15) is 86.0 Å². The van der Waals surface area contributed by atoms with Gasteiger partial charge in [-0.15, -0.1) is 0 Å². The zero-order valence-corrected chi connectivity index (χ0v) is 24.2. The van der Waals surface area contributed by atoms with Crippen molar-refractivity contribution in [2.24, 2.45) is 0 Å². The monoisotopic (exact) mass is 528 g/mol. The number of rotatable bonds is 10. The van der Waals surface area contributed by atoms with Gasteiger partial charge < -0.3 is 25.1 Å². The molecule has 7 nitrogen and oxygen atoms in total. The van der Waals surface area contributed by atoms with E-state index < -0.39 is 5.60 Å². The summed E-state index contributed by atoms with van der Waals surface area (Å²) in [5.74, 6) is 0.286. The molecule has 1 aliphatic rings. The number of amides is 1. The molecule has 210 valence electrons. The number of unbranched alkanes of at least 4 members (excludes halogenated alkanes) is 1. The number of halogens is 1. The maximum absolute atomic E-state index is 13.0. The molecule has 1 aliphatic heterocycles. The van der Waals surface area contributed by atoms with Crippen molar-refractivity contribution in [1.29, 1.82) is 5.41 Å². The molecule has 1 aromatic rings. The van der Waals surface area contributed by atoms with Crippen LogP contribution < -0.4 is 0 Å². The quantitative estimate of drug-likeness (QED) is 0.134. The Morgan fingerprint density at radius 2 is 1.95 bits per heavy atom. The first kappa shape index (κ1) is 32.8. The Balaban J connectivity index is 0.000000471. The van der Waals surface area contributed by atoms with E-state index in [0.29, 0.717) is 24.4 Å². The number of carbonyl (C=O) groups excluding carboxylic acids is 1. The normalized spacial score (nSPS) is 14.8. The molecule has 0 saturated carbocycles. The van der Waals surface area contributed by atoms with Gasteiger partial charge in [-0.05, 0) is 83.3 Å². The van der Waals surface area contributed by atoms with Crippen LogP contribution in [0.4, 0.5) is 4.39 Å². The maximum Gasteiger partial charge on any atom is 0.289 e. The van der Waals surface area contributed by atoms with Crippen LogP contribution in [0.15, 0.2) is 64.7 Å². The fourth-order valence-electron chi connectivity index (χ4n) is 3.64. The highest BCUT2D eigenvalue weighted by molar-refractivity contribution is 5.92. The first-order valence-electron chi connectivity index (χ1n) is 13.2. The van der Waals surface area contributed by atoms with Gasteiger partial charge >= 0.3 is 0 Å². The SMILES string of the molecule is CC/C(C)=C(\OC(C(=O)N1CCc2nc[nH]c2C1)=C(C)C)C(C)(C)O.CCC\C=C/C=C(F)\C(C)=C\C=N. The number of allylic oxidation sites excluding steroid dienone is 8. The molecule has 1 amide bonds. The van der Waals surface area contributed by atoms with Crippen LogP contribution in [0.25, 0.3) is 0 Å². The van der Waals surface area contributed by atoms with Gasteiger partial charge in [0, 0.05) is 19.2 Å². The smallest absolute Gasteiger partial charge is 0.289 e. The first-order valence-corrected chi connectivity index (χ1v) is 13.2. The summed E-state index contributed by atoms with van der Waals surface area (Å²) >= 11 is 0. The number of carbonyl (C=O) groups is 1. The zero-order chi connectivity index (χ0) is 28.9. The Morgan fingerprint density at radius 3 is 2.50 bits per heavy atom. The van der Waals surface area contributed by atoms with Gasteiger partial charge in [0.15, 0.2) is 5.76 Å². The number of hydrogen-bond donors (Lipinski definition) is 3. The molecule has 0 atom stereocenters. The maximum atomic E-state index is 13.0. The number of aromatic amines is 1. The van der Waals surface area contributed by atoms with Crippen molar-refractivity contribution in [2.75, 3.05) is 6.54 Å². The summed E-state index contributed by atoms with van der Waals surface area (Å²) < 4.78 is 19.1. The number of H-pyrrole nitrogens is 1. The first-order chi connectivity index (χ1) is 17.9. The summed E-state index contributed by atoms with van der Waals surface area (Å²) in [7, 11) is 0. The summed E-state index contributed by atoms with van der Waals surface area (Å²) in [6, 6.07) is 0. The molecule has 0 aromatic carbocycles. The van der Waals surface area contributed by atoms with Crippen LogP contribution in [0.5, 0.6) is 0 Å². The van der Waals surface area contributed by atoms with Gasteiger partial charge in [0.2, 0.25) is 0 Å². The lowest BCUT2D eigenvalue weighted by Gasteiger charge is -2.30. The van der Waals surface area contributed by atoms with Gasteiger partial charge in [-0.25, -0.2) is 9.37 Å². The Hall–Kier alpha value is -3.26. The van der Waals surface area contributed by atoms with Crippen molar-refractivity contribution >= 4 is 12.1 Å². The minimum atomic E-state index is -1.15. The molecule has 1 aromatic heterocycles. The molecule has 0 spiro atoms. The highest BCUT2D eigenvalue weighted by Gasteiger charge is 2.31. The van der Waals surface area contributed by atoms with Crippen LogP contribution >= 0.6 is 0 Å². The fraction of sp³-hybridized carbons (Fsp3) is 0.500. The lowest BCUT2D eigenvalue weighted by Crippen LogP contribution is -2.38. The second-order valence-electron chi connectivity index (χ2n) is 10.0. The summed E-state index contributed by atoms with van der Waals surface area (Å²) in [5.41, 5.74) is 3.02. The molecular weight excluding hydrogens is 483 g/mol. The van der Waals surface area contributed by atoms with E-state index in [-0.39, 0.29) is 17.5 Å². The minimum Gasteiger partial charge on any atom is -0.453 e. The number of aliphatic hydroxyl groups is 1. The fourth-order valence-corrected chi connectivity index (χ4v) is 3.64. The van der Waals surface area contributed by atoms with Crippen LogP contribution in [-0.2, 0) is 22.5 Å². The second-order valence-corrected chi connectivity index (χ2v) is 10.0. The number of imidazole rings is 1. The molecule has 0 bridgehead atoms. The molecule has 0 radical (unpaired) electrons. The Bertz CT molecular complexity index is 1100. The largest absolute Gasteiger partial charge is 0.453 e. The number of aromatic nitrogens is 2. The summed E-state index contributed by atoms with van der Waals surface area (Å²) in [6.07, 6.45) is 12.7. The third-order valence-corrected chi connectivity index (χ3v) is 5.93. The number of fused-ring (bicyclic) bond motifs is 1. The Morgan fingerprint density at radius 1 is 1.26 bits per heavy atom. The number of ether oxygens (including phenoxy) is 1. The Kier molecular flexibility index (Phi) is 13.7. The molecule has 0 unspecified atom stereocenters. The topological polar surface area (TPSA) is 102 Å². The molecule has 0 fully saturated rings. The number of hydrogen-bond acceptors (Lipinski definition) is 5. The molecule has 2 rings (SSSR count). The van der Waals surface area contributed by atoms with E-state index in [1.807, 2.05) is 33.8 Å². The van der Waals surface area contributed by atoms with Crippen molar-refractivity contribution in [3.05, 3.63) is 76.1 Å². The molecule has 0 aliphatic carbocycles. The predicted molar refractivity (Wildman–Crippen MR) is 152 cm³/mol. The third kappa shape index (κ3) is 10.2. The van der Waals surface area contributed by atoms with Gasteiger partial charge in [-0.1, -0.05) is 32.4 Å². The molecule has 2 heterocycles. The minimum absolute atomic E-state index is 0.161. The Labute approximate surface area is 227 Å². The van der Waals surface area contributed by atoms with Gasteiger partial charge in [0.05, 0.1) is 24.3 Å². The predicted octanol–water partition coefficient (Wildman–Crippen LogP) is 6.85. The van der Waals surface area contributed by atoms with Crippen molar-refractivity contribution in [1.82, 2.24) is 14.9 Å². The number of nitrogens with one attached hydrogen (secondary N) is 2. The highest BCUT2D eigenvalue weighted by atomic mass is 19.1. The van der Waals surface area contributed by atoms with Crippen LogP contribution in [0.3, 0.4) is 0 Å². The van der Waals surface area contributed by atoms with E-state index >= 15 is 0 Å². The van der Waals surface area contributed by atoms with E-state index in [9.17, 15) is 14.3 Å². The third-order valence-electron chi connectivity index (χ3n) is 5.93. The standard InChI is InChI=1S/C19H29N3O3.C11H16FN/c1-7-13(4)17(19(5,6)24)25-16(12(2)3)18(23)22-9-8-14-15(10-22)21-11-20-14;1-3-4-5-6-7-11(12)10(2)8-9-13/h11,24H,7-10H2,1-6H3,(H,20,21);5-9,13H,3-4H2,1-2H3/b17-13-;6-5-,10-8+,11-7+,13-9?. The molecule has 3 N–H and O–H groups in total. The zero-order valence-electron chi connectivity index (χ0n) is 24.2. The lowest BCUT2D eigenvalue weighted by molar-refractivity contribution is -0.131. The van der Waals surface area contributed by atoms with Gasteiger partial charge in [0.25, 0.3) is 5.91 Å². The van der Waals surface area contributed by atoms with Gasteiger partial charge in [0.1, 0.15) is 17.2 Å². The van der Waals surface area contributed by atoms with E-state index in [1.54, 1.807) is 38.1 Å². The van der Waals surface area contributed by atoms with Crippen molar-refractivity contribution in [3.63, 3.8) is 0 Å². The van der Waals surface area contributed by atoms with E-state index in [2.05, 4.69) is 16.9 Å². The van der Waals surface area contributed by atoms with Gasteiger partial charge in [-0.3, -0.25) is 4.79 Å². The van der Waals surface area contributed by atoms with Crippen molar-refractivity contribution in [3.8, 4) is 0 Å². The lowest BCUT2D eigenvalue weighted by atomic mass is 10.0. The van der Waals surface area contributed by atoms with Crippen molar-refractivity contribution in [2.45, 2.75) is 93.2 Å². The van der Waals surface area contributed by atoms with E-state index in [4.69, 9.17) is 10.1 Å². The molecular formula is C30H45FN4O3. The van der Waals surface area contributed by atoms with Crippen LogP contribution in [-0.4, -0.2) is 44.2 Å². The van der Waals surface area contributed by atoms with E-state index in [1.165, 1.54) is 12.2 Å². The van der Waals surface area contributed by atoms with Crippen LogP contribution in [0.2, 0.25) is 0 Å². The average Bonchev–Trinajstić information content (AvgIpc) is 3.34. The molecule has 0 saturated heterocycles. The summed E-state index contributed by atoms with van der Waals surface area (Å²) in [6.45, 7) is 15.8. The summed E-state index contributed by atoms with van der Waals surface area (Å²) in [4.78, 5) is 22.2. The molecule has 8 heteroatoms. The summed E-state index contributed by atoms with van der Waals surface area (Å²) in [5, 5.41) is 17.2. The van der Waals surface area contributed by atoms with E-state index in [0.717, 1.165) is 54.4 Å². The van der Waals surface area contributed by atoms with Crippen molar-refractivity contribution < 1.29 is 19.0 Å². The van der Waals surface area contributed by atoms with Gasteiger partial charge in [-0.2, -0.15) is 0 Å².